The predicted molar refractivity (Wildman–Crippen MR) is 78.4 cm³/mol. The van der Waals surface area contributed by atoms with Crippen molar-refractivity contribution in [1.82, 2.24) is 5.32 Å². The van der Waals surface area contributed by atoms with Crippen molar-refractivity contribution in [3.8, 4) is 0 Å². The zero-order chi connectivity index (χ0) is 15.9. The number of hydrogen-bond donors (Lipinski definition) is 2. The molecule has 1 aromatic rings. The molecule has 0 aliphatic carbocycles. The first-order chi connectivity index (χ1) is 10.6. The Bertz CT molecular complexity index is 567. The van der Waals surface area contributed by atoms with Crippen molar-refractivity contribution in [3.63, 3.8) is 0 Å². The highest BCUT2D eigenvalue weighted by atomic mass is 16.5. The van der Waals surface area contributed by atoms with Gasteiger partial charge in [-0.3, -0.25) is 9.59 Å². The molecule has 2 rings (SSSR count). The van der Waals surface area contributed by atoms with Crippen LogP contribution in [-0.2, 0) is 19.1 Å². The second-order valence-corrected chi connectivity index (χ2v) is 4.84. The number of benzene rings is 1. The van der Waals surface area contributed by atoms with Crippen LogP contribution in [-0.4, -0.2) is 44.1 Å². The van der Waals surface area contributed by atoms with E-state index in [-0.39, 0.29) is 17.4 Å². The van der Waals surface area contributed by atoms with Gasteiger partial charge >= 0.3 is 17.8 Å². The maximum absolute atomic E-state index is 11.9. The monoisotopic (exact) mass is 306 g/mol. The molecule has 1 aliphatic rings. The van der Waals surface area contributed by atoms with E-state index in [4.69, 9.17) is 4.74 Å². The summed E-state index contributed by atoms with van der Waals surface area (Å²) in [6.07, 6.45) is 1.78. The molecule has 0 bridgehead atoms. The minimum Gasteiger partial charge on any atom is -0.465 e. The van der Waals surface area contributed by atoms with Crippen LogP contribution in [0, 0.1) is 0 Å². The van der Waals surface area contributed by atoms with Gasteiger partial charge in [0.1, 0.15) is 0 Å². The average molecular weight is 306 g/mol. The fourth-order valence-electron chi connectivity index (χ4n) is 2.15. The number of carbonyl (C=O) groups is 3. The largest absolute Gasteiger partial charge is 0.465 e. The maximum Gasteiger partial charge on any atom is 0.339 e. The van der Waals surface area contributed by atoms with Gasteiger partial charge in [0.05, 0.1) is 24.5 Å². The van der Waals surface area contributed by atoms with Crippen LogP contribution in [0.3, 0.4) is 0 Å². The first kappa shape index (κ1) is 16.0. The van der Waals surface area contributed by atoms with E-state index in [0.717, 1.165) is 12.8 Å². The molecule has 1 fully saturated rings. The van der Waals surface area contributed by atoms with E-state index in [9.17, 15) is 14.4 Å². The summed E-state index contributed by atoms with van der Waals surface area (Å²) in [5.74, 6) is -2.19. The standard InChI is InChI=1S/C15H18N2O5/c1-21-15(20)11-6-2-3-7-12(11)17-14(19)13(18)16-9-10-5-4-8-22-10/h2-3,6-7,10H,4-5,8-9H2,1H3,(H,16,18)(H,17,19)/t10-/m1/s1. The first-order valence-corrected chi connectivity index (χ1v) is 7.00. The number of amides is 2. The smallest absolute Gasteiger partial charge is 0.339 e. The molecular formula is C15H18N2O5. The van der Waals surface area contributed by atoms with Crippen molar-refractivity contribution in [2.75, 3.05) is 25.6 Å². The molecule has 0 spiro atoms. The van der Waals surface area contributed by atoms with Crippen molar-refractivity contribution < 1.29 is 23.9 Å². The molecule has 2 N–H and O–H groups in total. The van der Waals surface area contributed by atoms with Crippen LogP contribution in [0.25, 0.3) is 0 Å². The lowest BCUT2D eigenvalue weighted by molar-refractivity contribution is -0.136. The first-order valence-electron chi connectivity index (χ1n) is 7.00. The number of ether oxygens (including phenoxy) is 2. The van der Waals surface area contributed by atoms with Crippen LogP contribution in [0.5, 0.6) is 0 Å². The van der Waals surface area contributed by atoms with E-state index in [0.29, 0.717) is 13.2 Å². The van der Waals surface area contributed by atoms with Gasteiger partial charge in [-0.2, -0.15) is 0 Å². The predicted octanol–water partition coefficient (Wildman–Crippen LogP) is 0.707. The third-order valence-electron chi connectivity index (χ3n) is 3.30. The maximum atomic E-state index is 11.9. The second-order valence-electron chi connectivity index (χ2n) is 4.84. The minimum atomic E-state index is -0.839. The molecule has 0 radical (unpaired) electrons. The molecule has 22 heavy (non-hydrogen) atoms. The molecule has 1 heterocycles. The van der Waals surface area contributed by atoms with Gasteiger partial charge in [0.2, 0.25) is 0 Å². The molecule has 0 aromatic heterocycles. The zero-order valence-corrected chi connectivity index (χ0v) is 12.3. The third-order valence-corrected chi connectivity index (χ3v) is 3.30. The number of hydrogen-bond acceptors (Lipinski definition) is 5. The molecule has 1 saturated heterocycles. The van der Waals surface area contributed by atoms with Gasteiger partial charge in [0.25, 0.3) is 0 Å². The SMILES string of the molecule is COC(=O)c1ccccc1NC(=O)C(=O)NC[C@H]1CCCO1. The van der Waals surface area contributed by atoms with Crippen LogP contribution >= 0.6 is 0 Å². The van der Waals surface area contributed by atoms with Crippen LogP contribution in [0.2, 0.25) is 0 Å². The van der Waals surface area contributed by atoms with Crippen molar-refractivity contribution in [1.29, 1.82) is 0 Å². The fraction of sp³-hybridized carbons (Fsp3) is 0.400. The summed E-state index contributed by atoms with van der Waals surface area (Å²) in [4.78, 5) is 35.2. The Hall–Kier alpha value is -2.41. The molecule has 0 saturated carbocycles. The molecular weight excluding hydrogens is 288 g/mol. The van der Waals surface area contributed by atoms with E-state index in [1.165, 1.54) is 19.2 Å². The van der Waals surface area contributed by atoms with Gasteiger partial charge in [-0.25, -0.2) is 4.79 Å². The lowest BCUT2D eigenvalue weighted by atomic mass is 10.2. The van der Waals surface area contributed by atoms with Gasteiger partial charge in [0, 0.05) is 13.2 Å². The summed E-state index contributed by atoms with van der Waals surface area (Å²) in [7, 11) is 1.25. The Morgan fingerprint density at radius 2 is 2.05 bits per heavy atom. The Labute approximate surface area is 128 Å². The highest BCUT2D eigenvalue weighted by molar-refractivity contribution is 6.40. The minimum absolute atomic E-state index is 0.0425. The molecule has 7 heteroatoms. The normalized spacial score (nSPS) is 16.9. The molecule has 118 valence electrons. The summed E-state index contributed by atoms with van der Waals surface area (Å²) >= 11 is 0. The number of nitrogens with one attached hydrogen (secondary N) is 2. The van der Waals surface area contributed by atoms with Crippen LogP contribution < -0.4 is 10.6 Å². The molecule has 1 atom stereocenters. The summed E-state index contributed by atoms with van der Waals surface area (Å²) in [5.41, 5.74) is 0.414. The van der Waals surface area contributed by atoms with Crippen molar-refractivity contribution in [2.24, 2.45) is 0 Å². The number of esters is 1. The Kier molecular flexibility index (Phi) is 5.48. The highest BCUT2D eigenvalue weighted by Crippen LogP contribution is 2.16. The lowest BCUT2D eigenvalue weighted by Gasteiger charge is -2.12. The summed E-state index contributed by atoms with van der Waals surface area (Å²) in [6, 6.07) is 6.31. The number of methoxy groups -OCH3 is 1. The van der Waals surface area contributed by atoms with Gasteiger partial charge in [0.15, 0.2) is 0 Å². The fourth-order valence-corrected chi connectivity index (χ4v) is 2.15. The highest BCUT2D eigenvalue weighted by Gasteiger charge is 2.21. The zero-order valence-electron chi connectivity index (χ0n) is 12.3. The molecule has 1 aromatic carbocycles. The van der Waals surface area contributed by atoms with E-state index >= 15 is 0 Å². The Morgan fingerprint density at radius 3 is 2.73 bits per heavy atom. The lowest BCUT2D eigenvalue weighted by Crippen LogP contribution is -2.39. The topological polar surface area (TPSA) is 93.7 Å². The number of carbonyl (C=O) groups excluding carboxylic acids is 3. The van der Waals surface area contributed by atoms with Gasteiger partial charge in [-0.15, -0.1) is 0 Å². The second kappa shape index (κ2) is 7.56. The van der Waals surface area contributed by atoms with E-state index < -0.39 is 17.8 Å². The summed E-state index contributed by atoms with van der Waals surface area (Å²) in [5, 5.41) is 4.92. The van der Waals surface area contributed by atoms with Crippen molar-refractivity contribution in [3.05, 3.63) is 29.8 Å². The van der Waals surface area contributed by atoms with Crippen LogP contribution in [0.4, 0.5) is 5.69 Å². The number of anilines is 1. The molecule has 2 amide bonds. The molecule has 7 nitrogen and oxygen atoms in total. The quantitative estimate of drug-likeness (QED) is 0.631. The average Bonchev–Trinajstić information content (AvgIpc) is 3.05. The molecule has 0 unspecified atom stereocenters. The summed E-state index contributed by atoms with van der Waals surface area (Å²) in [6.45, 7) is 0.976. The number of rotatable bonds is 4. The van der Waals surface area contributed by atoms with Crippen molar-refractivity contribution >= 4 is 23.5 Å². The van der Waals surface area contributed by atoms with Crippen molar-refractivity contribution in [2.45, 2.75) is 18.9 Å². The van der Waals surface area contributed by atoms with Gasteiger partial charge in [-0.05, 0) is 25.0 Å². The molecule has 1 aliphatic heterocycles. The van der Waals surface area contributed by atoms with Gasteiger partial charge in [-0.1, -0.05) is 12.1 Å². The van der Waals surface area contributed by atoms with Gasteiger partial charge < -0.3 is 20.1 Å². The Balaban J connectivity index is 1.93. The van der Waals surface area contributed by atoms with Crippen LogP contribution in [0.1, 0.15) is 23.2 Å². The van der Waals surface area contributed by atoms with E-state index in [1.807, 2.05) is 0 Å². The summed E-state index contributed by atoms with van der Waals surface area (Å²) < 4.78 is 9.99. The van der Waals surface area contributed by atoms with E-state index in [1.54, 1.807) is 12.1 Å². The number of para-hydroxylation sites is 1. The third kappa shape index (κ3) is 4.05. The van der Waals surface area contributed by atoms with Crippen LogP contribution in [0.15, 0.2) is 24.3 Å². The van der Waals surface area contributed by atoms with E-state index in [2.05, 4.69) is 15.4 Å². The Morgan fingerprint density at radius 1 is 1.27 bits per heavy atom.